The van der Waals surface area contributed by atoms with Gasteiger partial charge in [0.15, 0.2) is 28.4 Å². The first-order valence-electron chi connectivity index (χ1n) is 9.19. The second kappa shape index (κ2) is 9.17. The fraction of sp³-hybridized carbons (Fsp3) is 0.143. The van der Waals surface area contributed by atoms with Gasteiger partial charge in [0.2, 0.25) is 0 Å². The fourth-order valence-corrected chi connectivity index (χ4v) is 3.81. The summed E-state index contributed by atoms with van der Waals surface area (Å²) in [4.78, 5) is 7.95. The third-order valence-electron chi connectivity index (χ3n) is 4.27. The van der Waals surface area contributed by atoms with Crippen LogP contribution < -0.4 is 4.74 Å². The number of halogens is 3. The maximum Gasteiger partial charge on any atom is 0.297 e. The summed E-state index contributed by atoms with van der Waals surface area (Å²) in [5.74, 6) is -0.524. The van der Waals surface area contributed by atoms with Gasteiger partial charge in [-0.15, -0.1) is 16.8 Å². The smallest absolute Gasteiger partial charge is 0.297 e. The first-order chi connectivity index (χ1) is 15.1. The van der Waals surface area contributed by atoms with E-state index in [0.717, 1.165) is 11.8 Å². The topological polar surface area (TPSA) is 65.7 Å². The van der Waals surface area contributed by atoms with Gasteiger partial charge in [0.25, 0.3) is 6.43 Å². The van der Waals surface area contributed by atoms with Gasteiger partial charge in [-0.1, -0.05) is 36.4 Å². The van der Waals surface area contributed by atoms with Crippen molar-refractivity contribution in [2.45, 2.75) is 29.8 Å². The monoisotopic (exact) mass is 443 g/mol. The van der Waals surface area contributed by atoms with Crippen LogP contribution in [0.1, 0.15) is 18.1 Å². The Labute approximate surface area is 179 Å². The molecule has 0 spiro atoms. The highest BCUT2D eigenvalue weighted by molar-refractivity contribution is 7.99. The van der Waals surface area contributed by atoms with Crippen molar-refractivity contribution in [1.29, 1.82) is 0 Å². The van der Waals surface area contributed by atoms with E-state index < -0.39 is 18.1 Å². The molecule has 0 bridgehead atoms. The van der Waals surface area contributed by atoms with E-state index in [-0.39, 0.29) is 12.4 Å². The van der Waals surface area contributed by atoms with Gasteiger partial charge in [0.1, 0.15) is 11.6 Å². The molecule has 0 aliphatic rings. The molecule has 2 aromatic heterocycles. The first kappa shape index (κ1) is 20.9. The van der Waals surface area contributed by atoms with Crippen LogP contribution in [0.4, 0.5) is 13.2 Å². The van der Waals surface area contributed by atoms with E-state index in [1.165, 1.54) is 12.1 Å². The van der Waals surface area contributed by atoms with Crippen molar-refractivity contribution in [3.05, 3.63) is 78.7 Å². The number of rotatable bonds is 8. The minimum atomic E-state index is -2.81. The van der Waals surface area contributed by atoms with E-state index in [0.29, 0.717) is 33.5 Å². The zero-order valence-electron chi connectivity index (χ0n) is 16.1. The molecule has 0 atom stereocenters. The van der Waals surface area contributed by atoms with Gasteiger partial charge in [-0.3, -0.25) is 4.57 Å². The summed E-state index contributed by atoms with van der Waals surface area (Å²) in [5.41, 5.74) is 0.410. The Morgan fingerprint density at radius 1 is 1.06 bits per heavy atom. The second-order valence-electron chi connectivity index (χ2n) is 6.32. The van der Waals surface area contributed by atoms with Crippen molar-refractivity contribution in [3.8, 4) is 5.75 Å². The van der Waals surface area contributed by atoms with Gasteiger partial charge in [-0.25, -0.2) is 23.1 Å². The number of ether oxygens (including phenoxy) is 1. The zero-order valence-corrected chi connectivity index (χ0v) is 16.9. The van der Waals surface area contributed by atoms with Crippen LogP contribution in [0.2, 0.25) is 0 Å². The lowest BCUT2D eigenvalue weighted by Crippen LogP contribution is -2.08. The quantitative estimate of drug-likeness (QED) is 0.275. The molecule has 158 valence electrons. The fourth-order valence-electron chi connectivity index (χ4n) is 2.84. The summed E-state index contributed by atoms with van der Waals surface area (Å²) >= 11 is 1.09. The number of hydrogen-bond acceptors (Lipinski definition) is 6. The number of nitrogens with zero attached hydrogens (tertiary/aromatic N) is 5. The minimum Gasteiger partial charge on any atom is -0.483 e. The number of alkyl halides is 2. The summed E-state index contributed by atoms with van der Waals surface area (Å²) in [6.07, 6.45) is -1.16. The molecule has 0 amide bonds. The summed E-state index contributed by atoms with van der Waals surface area (Å²) in [5, 5.41) is 9.64. The summed E-state index contributed by atoms with van der Waals surface area (Å²) in [6, 6.07) is 12.9. The van der Waals surface area contributed by atoms with E-state index >= 15 is 0 Å². The van der Waals surface area contributed by atoms with Gasteiger partial charge in [-0.05, 0) is 30.0 Å². The van der Waals surface area contributed by atoms with E-state index in [4.69, 9.17) is 4.74 Å². The van der Waals surface area contributed by atoms with Crippen LogP contribution >= 0.6 is 11.8 Å². The van der Waals surface area contributed by atoms with E-state index in [2.05, 4.69) is 26.7 Å². The predicted octanol–water partition coefficient (Wildman–Crippen LogP) is 5.21. The average Bonchev–Trinajstić information content (AvgIpc) is 3.14. The second-order valence-corrected chi connectivity index (χ2v) is 7.28. The summed E-state index contributed by atoms with van der Waals surface area (Å²) < 4.78 is 47.6. The molecule has 0 unspecified atom stereocenters. The maximum atomic E-state index is 13.8. The maximum absolute atomic E-state index is 13.8. The van der Waals surface area contributed by atoms with Crippen molar-refractivity contribution in [2.24, 2.45) is 0 Å². The Morgan fingerprint density at radius 2 is 1.84 bits per heavy atom. The number of para-hydroxylation sites is 2. The number of aromatic nitrogens is 5. The molecule has 0 fully saturated rings. The summed E-state index contributed by atoms with van der Waals surface area (Å²) in [7, 11) is 0. The van der Waals surface area contributed by atoms with Crippen LogP contribution in [0, 0.1) is 5.82 Å². The first-order valence-corrected chi connectivity index (χ1v) is 10.0. The number of benzene rings is 2. The molecule has 2 aromatic carbocycles. The van der Waals surface area contributed by atoms with Crippen molar-refractivity contribution in [2.75, 3.05) is 0 Å². The van der Waals surface area contributed by atoms with Crippen LogP contribution in [0.3, 0.4) is 0 Å². The van der Waals surface area contributed by atoms with Crippen LogP contribution in [-0.2, 0) is 13.2 Å². The highest BCUT2D eigenvalue weighted by atomic mass is 32.2. The third kappa shape index (κ3) is 4.53. The average molecular weight is 443 g/mol. The van der Waals surface area contributed by atoms with Crippen molar-refractivity contribution >= 4 is 22.7 Å². The van der Waals surface area contributed by atoms with Gasteiger partial charge < -0.3 is 4.74 Å². The lowest BCUT2D eigenvalue weighted by molar-refractivity contribution is 0.140. The van der Waals surface area contributed by atoms with Crippen molar-refractivity contribution < 1.29 is 17.9 Å². The van der Waals surface area contributed by atoms with Gasteiger partial charge in [0, 0.05) is 11.9 Å². The number of fused-ring (bicyclic) bond motifs is 1. The van der Waals surface area contributed by atoms with Crippen LogP contribution in [0.25, 0.3) is 10.9 Å². The highest BCUT2D eigenvalue weighted by Crippen LogP contribution is 2.32. The molecule has 6 nitrogen and oxygen atoms in total. The molecule has 31 heavy (non-hydrogen) atoms. The molecule has 4 rings (SSSR count). The Morgan fingerprint density at radius 3 is 2.61 bits per heavy atom. The Balaban J connectivity index is 1.66. The van der Waals surface area contributed by atoms with Crippen molar-refractivity contribution in [3.63, 3.8) is 0 Å². The molecule has 0 saturated carbocycles. The van der Waals surface area contributed by atoms with Crippen molar-refractivity contribution in [1.82, 2.24) is 24.7 Å². The molecule has 0 radical (unpaired) electrons. The standard InChI is InChI=1S/C21H16F3N5OS/c1-2-11-29-17(12-30-16-10-6-4-8-14(16)22)27-28-21(29)31-20-13-7-3-5-9-15(13)25-19(26-20)18(23)24/h2-10,18H,1,11-12H2. The molecule has 0 aliphatic carbocycles. The molecular formula is C21H16F3N5OS. The zero-order chi connectivity index (χ0) is 21.8. The lowest BCUT2D eigenvalue weighted by Gasteiger charge is -2.10. The van der Waals surface area contributed by atoms with E-state index in [9.17, 15) is 13.2 Å². The van der Waals surface area contributed by atoms with Crippen LogP contribution in [-0.4, -0.2) is 24.7 Å². The summed E-state index contributed by atoms with van der Waals surface area (Å²) in [6.45, 7) is 4.04. The molecule has 0 aliphatic heterocycles. The van der Waals surface area contributed by atoms with Gasteiger partial charge >= 0.3 is 0 Å². The predicted molar refractivity (Wildman–Crippen MR) is 110 cm³/mol. The molecule has 10 heteroatoms. The van der Waals surface area contributed by atoms with E-state index in [1.807, 2.05) is 0 Å². The molecule has 0 saturated heterocycles. The largest absolute Gasteiger partial charge is 0.483 e. The number of allylic oxidation sites excluding steroid dienone is 1. The van der Waals surface area contributed by atoms with Gasteiger partial charge in [-0.2, -0.15) is 0 Å². The molecule has 0 N–H and O–H groups in total. The van der Waals surface area contributed by atoms with E-state index in [1.54, 1.807) is 47.0 Å². The normalized spacial score (nSPS) is 11.2. The molecular weight excluding hydrogens is 427 g/mol. The Bertz CT molecular complexity index is 1230. The SMILES string of the molecule is C=CCn1c(COc2ccccc2F)nnc1Sc1nc(C(F)F)nc2ccccc12. The lowest BCUT2D eigenvalue weighted by atomic mass is 10.2. The Hall–Kier alpha value is -3.40. The molecule has 2 heterocycles. The Kier molecular flexibility index (Phi) is 6.17. The third-order valence-corrected chi connectivity index (χ3v) is 5.26. The van der Waals surface area contributed by atoms with Gasteiger partial charge in [0.05, 0.1) is 5.52 Å². The minimum absolute atomic E-state index is 0.0326. The van der Waals surface area contributed by atoms with Crippen LogP contribution in [0.5, 0.6) is 5.75 Å². The highest BCUT2D eigenvalue weighted by Gasteiger charge is 2.19. The number of hydrogen-bond donors (Lipinski definition) is 0. The molecule has 4 aromatic rings. The van der Waals surface area contributed by atoms with Crippen LogP contribution in [0.15, 0.2) is 71.4 Å².